The second kappa shape index (κ2) is 9.89. The monoisotopic (exact) mass is 465 g/mol. The number of hydrogen-bond acceptors (Lipinski definition) is 3. The number of amides is 1. The Morgan fingerprint density at radius 3 is 2.00 bits per heavy atom. The fraction of sp³-hybridized carbons (Fsp3) is 0.172. The number of benzene rings is 3. The minimum absolute atomic E-state index is 0.0513. The van der Waals surface area contributed by atoms with Crippen molar-refractivity contribution >= 4 is 39.4 Å². The number of ether oxygens (including phenoxy) is 1. The maximum Gasteiger partial charge on any atom is 0.306 e. The molecule has 3 aromatic carbocycles. The first-order valence-corrected chi connectivity index (χ1v) is 11.7. The third-order valence-corrected chi connectivity index (χ3v) is 6.49. The Bertz CT molecular complexity index is 1420. The normalized spacial score (nSPS) is 11.3. The Morgan fingerprint density at radius 2 is 1.37 bits per heavy atom. The van der Waals surface area contributed by atoms with Crippen molar-refractivity contribution in [2.75, 3.05) is 12.4 Å². The summed E-state index contributed by atoms with van der Waals surface area (Å²) in [7, 11) is 1.32. The van der Waals surface area contributed by atoms with E-state index in [9.17, 15) is 9.59 Å². The number of H-pyrrole nitrogens is 2. The topological polar surface area (TPSA) is 87.0 Å². The lowest BCUT2D eigenvalue weighted by molar-refractivity contribution is -0.141. The molecule has 0 saturated heterocycles. The van der Waals surface area contributed by atoms with E-state index in [0.717, 1.165) is 22.3 Å². The Hall–Kier alpha value is -4.32. The van der Waals surface area contributed by atoms with Gasteiger partial charge in [-0.25, -0.2) is 0 Å². The van der Waals surface area contributed by atoms with Crippen LogP contribution in [0.3, 0.4) is 0 Å². The predicted octanol–water partition coefficient (Wildman–Crippen LogP) is 5.92. The number of fused-ring (bicyclic) bond motifs is 2. The van der Waals surface area contributed by atoms with Gasteiger partial charge in [-0.2, -0.15) is 0 Å². The maximum absolute atomic E-state index is 12.5. The smallest absolute Gasteiger partial charge is 0.306 e. The molecule has 0 radical (unpaired) electrons. The van der Waals surface area contributed by atoms with Crippen molar-refractivity contribution in [2.24, 2.45) is 0 Å². The van der Waals surface area contributed by atoms with Gasteiger partial charge in [0.2, 0.25) is 5.91 Å². The average Bonchev–Trinajstić information content (AvgIpc) is 3.51. The molecule has 176 valence electrons. The molecule has 0 spiro atoms. The van der Waals surface area contributed by atoms with Crippen LogP contribution in [0.5, 0.6) is 0 Å². The quantitative estimate of drug-likeness (QED) is 0.249. The molecular formula is C29H27N3O3. The molecule has 6 nitrogen and oxygen atoms in total. The lowest BCUT2D eigenvalue weighted by atomic mass is 9.85. The van der Waals surface area contributed by atoms with Crippen molar-refractivity contribution in [3.63, 3.8) is 0 Å². The molecule has 1 amide bonds. The molecule has 5 rings (SSSR count). The largest absolute Gasteiger partial charge is 0.469 e. The van der Waals surface area contributed by atoms with Gasteiger partial charge in [-0.15, -0.1) is 0 Å². The number of hydrogen-bond donors (Lipinski definition) is 3. The second-order valence-corrected chi connectivity index (χ2v) is 8.62. The summed E-state index contributed by atoms with van der Waals surface area (Å²) in [6.07, 6.45) is 5.01. The van der Waals surface area contributed by atoms with Gasteiger partial charge in [-0.3, -0.25) is 9.59 Å². The van der Waals surface area contributed by atoms with E-state index in [0.29, 0.717) is 6.42 Å². The van der Waals surface area contributed by atoms with Crippen LogP contribution in [0.2, 0.25) is 0 Å². The summed E-state index contributed by atoms with van der Waals surface area (Å²) in [5.41, 5.74) is 6.38. The SMILES string of the molecule is COC(=O)CCC(=O)Nc1ccccc1CC(c1c[nH]c2ccccc12)c1c[nH]c2ccccc12. The zero-order valence-electron chi connectivity index (χ0n) is 19.5. The Kier molecular flexibility index (Phi) is 6.35. The molecule has 0 saturated carbocycles. The Balaban J connectivity index is 1.52. The van der Waals surface area contributed by atoms with Crippen LogP contribution < -0.4 is 5.32 Å². The third kappa shape index (κ3) is 4.68. The molecule has 0 aliphatic rings. The first-order chi connectivity index (χ1) is 17.1. The number of anilines is 1. The van der Waals surface area contributed by atoms with Crippen molar-refractivity contribution in [1.82, 2.24) is 9.97 Å². The standard InChI is InChI=1S/C29H27N3O3/c1-35-29(34)15-14-28(33)32-25-11-5-2-8-19(25)16-22(23-17-30-26-12-6-3-9-20(23)26)24-18-31-27-13-7-4-10-21(24)27/h2-13,17-18,22,30-31H,14-16H2,1H3,(H,32,33). The summed E-state index contributed by atoms with van der Waals surface area (Å²) in [5, 5.41) is 5.36. The third-order valence-electron chi connectivity index (χ3n) is 6.49. The molecule has 0 atom stereocenters. The van der Waals surface area contributed by atoms with Crippen molar-refractivity contribution in [1.29, 1.82) is 0 Å². The van der Waals surface area contributed by atoms with Gasteiger partial charge >= 0.3 is 5.97 Å². The number of methoxy groups -OCH3 is 1. The van der Waals surface area contributed by atoms with Crippen molar-refractivity contribution in [2.45, 2.75) is 25.2 Å². The predicted molar refractivity (Wildman–Crippen MR) is 138 cm³/mol. The van der Waals surface area contributed by atoms with E-state index >= 15 is 0 Å². The lowest BCUT2D eigenvalue weighted by Crippen LogP contribution is -2.16. The summed E-state index contributed by atoms with van der Waals surface area (Å²) in [5.74, 6) is -0.554. The molecule has 0 fully saturated rings. The van der Waals surface area contributed by atoms with Gasteiger partial charge in [-0.05, 0) is 41.3 Å². The van der Waals surface area contributed by atoms with Gasteiger partial charge < -0.3 is 20.0 Å². The second-order valence-electron chi connectivity index (χ2n) is 8.62. The van der Waals surface area contributed by atoms with Crippen LogP contribution in [0, 0.1) is 0 Å². The van der Waals surface area contributed by atoms with E-state index in [2.05, 4.69) is 68.8 Å². The Morgan fingerprint density at radius 1 is 0.800 bits per heavy atom. The minimum atomic E-state index is -0.396. The number of para-hydroxylation sites is 3. The number of carbonyl (C=O) groups excluding carboxylic acids is 2. The summed E-state index contributed by atoms with van der Waals surface area (Å²) < 4.78 is 4.66. The van der Waals surface area contributed by atoms with Crippen molar-refractivity contribution in [3.8, 4) is 0 Å². The molecule has 3 N–H and O–H groups in total. The number of aromatic nitrogens is 2. The summed E-state index contributed by atoms with van der Waals surface area (Å²) >= 11 is 0. The van der Waals surface area contributed by atoms with Gasteiger partial charge in [-0.1, -0.05) is 54.6 Å². The molecule has 0 aliphatic carbocycles. The first kappa shape index (κ1) is 22.5. The Labute approximate surface area is 203 Å². The molecule has 2 heterocycles. The van der Waals surface area contributed by atoms with Gasteiger partial charge in [0.15, 0.2) is 0 Å². The highest BCUT2D eigenvalue weighted by atomic mass is 16.5. The molecule has 35 heavy (non-hydrogen) atoms. The van der Waals surface area contributed by atoms with Crippen LogP contribution >= 0.6 is 0 Å². The van der Waals surface area contributed by atoms with Crippen LogP contribution in [0.15, 0.2) is 85.2 Å². The van der Waals surface area contributed by atoms with Gasteiger partial charge in [0.25, 0.3) is 0 Å². The highest BCUT2D eigenvalue weighted by Crippen LogP contribution is 2.38. The van der Waals surface area contributed by atoms with E-state index in [1.54, 1.807) is 0 Å². The van der Waals surface area contributed by atoms with E-state index in [1.807, 2.05) is 36.4 Å². The van der Waals surface area contributed by atoms with Crippen LogP contribution in [-0.4, -0.2) is 29.0 Å². The van der Waals surface area contributed by atoms with Crippen molar-refractivity contribution < 1.29 is 14.3 Å². The number of aromatic amines is 2. The van der Waals surface area contributed by atoms with Gasteiger partial charge in [0.05, 0.1) is 13.5 Å². The zero-order chi connectivity index (χ0) is 24.2. The highest BCUT2D eigenvalue weighted by molar-refractivity contribution is 5.93. The van der Waals surface area contributed by atoms with E-state index in [4.69, 9.17) is 0 Å². The van der Waals surface area contributed by atoms with E-state index in [1.165, 1.54) is 29.0 Å². The number of esters is 1. The van der Waals surface area contributed by atoms with Gasteiger partial charge in [0.1, 0.15) is 0 Å². The highest BCUT2D eigenvalue weighted by Gasteiger charge is 2.23. The first-order valence-electron chi connectivity index (χ1n) is 11.7. The molecule has 6 heteroatoms. The average molecular weight is 466 g/mol. The number of nitrogens with one attached hydrogen (secondary N) is 3. The zero-order valence-corrected chi connectivity index (χ0v) is 19.5. The van der Waals surface area contributed by atoms with Crippen LogP contribution in [-0.2, 0) is 20.7 Å². The molecule has 0 unspecified atom stereocenters. The van der Waals surface area contributed by atoms with Crippen LogP contribution in [0.4, 0.5) is 5.69 Å². The molecule has 5 aromatic rings. The summed E-state index contributed by atoms with van der Waals surface area (Å²) in [6, 6.07) is 24.5. The fourth-order valence-corrected chi connectivity index (χ4v) is 4.72. The van der Waals surface area contributed by atoms with Crippen molar-refractivity contribution in [3.05, 3.63) is 102 Å². The maximum atomic E-state index is 12.5. The van der Waals surface area contributed by atoms with Crippen LogP contribution in [0.1, 0.15) is 35.4 Å². The molecule has 0 aliphatic heterocycles. The van der Waals surface area contributed by atoms with Crippen LogP contribution in [0.25, 0.3) is 21.8 Å². The fourth-order valence-electron chi connectivity index (χ4n) is 4.72. The van der Waals surface area contributed by atoms with Gasteiger partial charge in [0, 0.05) is 52.2 Å². The summed E-state index contributed by atoms with van der Waals surface area (Å²) in [6.45, 7) is 0. The molecule has 2 aromatic heterocycles. The summed E-state index contributed by atoms with van der Waals surface area (Å²) in [4.78, 5) is 30.8. The van der Waals surface area contributed by atoms with E-state index in [-0.39, 0.29) is 24.7 Å². The lowest BCUT2D eigenvalue weighted by Gasteiger charge is -2.19. The van der Waals surface area contributed by atoms with E-state index < -0.39 is 5.97 Å². The minimum Gasteiger partial charge on any atom is -0.469 e. The molecule has 0 bridgehead atoms. The number of rotatable bonds is 8. The molecular weight excluding hydrogens is 438 g/mol. The number of carbonyl (C=O) groups is 2.